The van der Waals surface area contributed by atoms with E-state index >= 15 is 0 Å². The van der Waals surface area contributed by atoms with Crippen molar-refractivity contribution < 1.29 is 0 Å². The largest absolute Gasteiger partial charge is 0.349 e. The quantitative estimate of drug-likeness (QED) is 0.798. The summed E-state index contributed by atoms with van der Waals surface area (Å²) >= 11 is 0. The Bertz CT molecular complexity index is 417. The van der Waals surface area contributed by atoms with Crippen LogP contribution >= 0.6 is 0 Å². The SMILES string of the molecule is Cc1ncc(N2C3CCC2CC(N)C3)nc1C. The molecular weight excluding hydrogens is 212 g/mol. The lowest BCUT2D eigenvalue weighted by Crippen LogP contribution is -2.48. The lowest BCUT2D eigenvalue weighted by Gasteiger charge is -2.38. The lowest BCUT2D eigenvalue weighted by atomic mass is 9.98. The first-order chi connectivity index (χ1) is 8.15. The summed E-state index contributed by atoms with van der Waals surface area (Å²) in [6.45, 7) is 4.04. The summed E-state index contributed by atoms with van der Waals surface area (Å²) in [6.07, 6.45) is 6.64. The Kier molecular flexibility index (Phi) is 2.54. The standard InChI is InChI=1S/C13H20N4/c1-8-9(2)16-13(7-15-8)17-11-3-4-12(17)6-10(14)5-11/h7,10-12H,3-6,14H2,1-2H3. The first-order valence-electron chi connectivity index (χ1n) is 6.49. The summed E-state index contributed by atoms with van der Waals surface area (Å²) in [4.78, 5) is 11.6. The minimum atomic E-state index is 0.378. The van der Waals surface area contributed by atoms with Crippen LogP contribution in [0.25, 0.3) is 0 Å². The minimum Gasteiger partial charge on any atom is -0.349 e. The van der Waals surface area contributed by atoms with Crippen LogP contribution < -0.4 is 10.6 Å². The van der Waals surface area contributed by atoms with E-state index in [0.717, 1.165) is 30.0 Å². The zero-order chi connectivity index (χ0) is 12.0. The molecule has 17 heavy (non-hydrogen) atoms. The summed E-state index contributed by atoms with van der Waals surface area (Å²) in [5, 5.41) is 0. The second-order valence-electron chi connectivity index (χ2n) is 5.42. The number of hydrogen-bond donors (Lipinski definition) is 1. The third-order valence-electron chi connectivity index (χ3n) is 4.21. The highest BCUT2D eigenvalue weighted by atomic mass is 15.3. The van der Waals surface area contributed by atoms with Crippen LogP contribution in [0.1, 0.15) is 37.1 Å². The fourth-order valence-electron chi connectivity index (χ4n) is 3.25. The van der Waals surface area contributed by atoms with Crippen LogP contribution in [0.4, 0.5) is 5.82 Å². The van der Waals surface area contributed by atoms with Gasteiger partial charge in [-0.3, -0.25) is 4.98 Å². The van der Waals surface area contributed by atoms with E-state index < -0.39 is 0 Å². The number of nitrogens with zero attached hydrogens (tertiary/aromatic N) is 3. The van der Waals surface area contributed by atoms with E-state index in [1.165, 1.54) is 12.8 Å². The Balaban J connectivity index is 1.92. The van der Waals surface area contributed by atoms with Crippen molar-refractivity contribution in [2.24, 2.45) is 5.73 Å². The van der Waals surface area contributed by atoms with E-state index in [4.69, 9.17) is 5.73 Å². The normalized spacial score (nSPS) is 31.9. The maximum absolute atomic E-state index is 6.09. The molecule has 0 aliphatic carbocycles. The number of aryl methyl sites for hydroxylation is 2. The molecule has 1 aromatic heterocycles. The number of nitrogens with two attached hydrogens (primary N) is 1. The molecule has 0 amide bonds. The van der Waals surface area contributed by atoms with Crippen LogP contribution in [0.3, 0.4) is 0 Å². The first kappa shape index (κ1) is 11.0. The molecule has 0 spiro atoms. The molecule has 3 heterocycles. The van der Waals surface area contributed by atoms with Gasteiger partial charge in [0, 0.05) is 18.1 Å². The maximum atomic E-state index is 6.09. The number of hydrogen-bond acceptors (Lipinski definition) is 4. The molecule has 2 unspecified atom stereocenters. The van der Waals surface area contributed by atoms with Gasteiger partial charge in [-0.1, -0.05) is 0 Å². The highest BCUT2D eigenvalue weighted by Crippen LogP contribution is 2.37. The van der Waals surface area contributed by atoms with Gasteiger partial charge in [0.25, 0.3) is 0 Å². The van der Waals surface area contributed by atoms with Crippen LogP contribution in [-0.2, 0) is 0 Å². The fraction of sp³-hybridized carbons (Fsp3) is 0.692. The van der Waals surface area contributed by atoms with Crippen LogP contribution in [0, 0.1) is 13.8 Å². The zero-order valence-electron chi connectivity index (χ0n) is 10.6. The van der Waals surface area contributed by atoms with Crippen molar-refractivity contribution in [1.82, 2.24) is 9.97 Å². The highest BCUT2D eigenvalue weighted by molar-refractivity contribution is 5.43. The second-order valence-corrected chi connectivity index (χ2v) is 5.42. The van der Waals surface area contributed by atoms with Crippen LogP contribution in [0.5, 0.6) is 0 Å². The Hall–Kier alpha value is -1.16. The molecular formula is C13H20N4. The Morgan fingerprint density at radius 3 is 2.41 bits per heavy atom. The van der Waals surface area contributed by atoms with Crippen LogP contribution in [0.2, 0.25) is 0 Å². The molecule has 3 rings (SSSR count). The second kappa shape index (κ2) is 3.95. The van der Waals surface area contributed by atoms with Crippen molar-refractivity contribution in [2.45, 2.75) is 57.7 Å². The molecule has 2 fully saturated rings. The molecule has 0 aromatic carbocycles. The van der Waals surface area contributed by atoms with Gasteiger partial charge in [-0.25, -0.2) is 4.98 Å². The van der Waals surface area contributed by atoms with Gasteiger partial charge in [-0.2, -0.15) is 0 Å². The molecule has 1 aromatic rings. The molecule has 2 bridgehead atoms. The Labute approximate surface area is 102 Å². The van der Waals surface area contributed by atoms with Gasteiger partial charge in [-0.05, 0) is 39.5 Å². The number of piperidine rings is 1. The minimum absolute atomic E-state index is 0.378. The zero-order valence-corrected chi connectivity index (χ0v) is 10.6. The van der Waals surface area contributed by atoms with Crippen molar-refractivity contribution in [2.75, 3.05) is 4.90 Å². The number of aromatic nitrogens is 2. The van der Waals surface area contributed by atoms with Crippen LogP contribution in [-0.4, -0.2) is 28.1 Å². The molecule has 4 heteroatoms. The Morgan fingerprint density at radius 1 is 1.18 bits per heavy atom. The summed E-state index contributed by atoms with van der Waals surface area (Å²) in [5.41, 5.74) is 8.15. The van der Waals surface area contributed by atoms with Gasteiger partial charge in [0.2, 0.25) is 0 Å². The summed E-state index contributed by atoms with van der Waals surface area (Å²) in [6, 6.07) is 1.54. The van der Waals surface area contributed by atoms with Gasteiger partial charge < -0.3 is 10.6 Å². The van der Waals surface area contributed by atoms with Gasteiger partial charge >= 0.3 is 0 Å². The van der Waals surface area contributed by atoms with Crippen molar-refractivity contribution >= 4 is 5.82 Å². The highest BCUT2D eigenvalue weighted by Gasteiger charge is 2.40. The smallest absolute Gasteiger partial charge is 0.147 e. The van der Waals surface area contributed by atoms with E-state index in [0.29, 0.717) is 18.1 Å². The third kappa shape index (κ3) is 1.80. The molecule has 2 saturated heterocycles. The average molecular weight is 232 g/mol. The van der Waals surface area contributed by atoms with Crippen molar-refractivity contribution in [3.05, 3.63) is 17.6 Å². The van der Waals surface area contributed by atoms with E-state index in [1.807, 2.05) is 20.0 Å². The average Bonchev–Trinajstić information content (AvgIpc) is 2.55. The molecule has 2 aliphatic heterocycles. The van der Waals surface area contributed by atoms with E-state index in [1.54, 1.807) is 0 Å². The number of fused-ring (bicyclic) bond motifs is 2. The number of rotatable bonds is 1. The molecule has 0 radical (unpaired) electrons. The lowest BCUT2D eigenvalue weighted by molar-refractivity contribution is 0.411. The maximum Gasteiger partial charge on any atom is 0.147 e. The molecule has 2 N–H and O–H groups in total. The predicted octanol–water partition coefficient (Wildman–Crippen LogP) is 1.55. The van der Waals surface area contributed by atoms with E-state index in [-0.39, 0.29) is 0 Å². The van der Waals surface area contributed by atoms with E-state index in [2.05, 4.69) is 14.9 Å². The van der Waals surface area contributed by atoms with Crippen molar-refractivity contribution in [3.63, 3.8) is 0 Å². The van der Waals surface area contributed by atoms with Gasteiger partial charge in [0.15, 0.2) is 0 Å². The molecule has 2 aliphatic rings. The number of anilines is 1. The molecule has 4 nitrogen and oxygen atoms in total. The fourth-order valence-corrected chi connectivity index (χ4v) is 3.25. The van der Waals surface area contributed by atoms with E-state index in [9.17, 15) is 0 Å². The third-order valence-corrected chi connectivity index (χ3v) is 4.21. The molecule has 2 atom stereocenters. The summed E-state index contributed by atoms with van der Waals surface area (Å²) in [7, 11) is 0. The topological polar surface area (TPSA) is 55.0 Å². The van der Waals surface area contributed by atoms with Crippen LogP contribution in [0.15, 0.2) is 6.20 Å². The van der Waals surface area contributed by atoms with Crippen molar-refractivity contribution in [3.8, 4) is 0 Å². The predicted molar refractivity (Wildman–Crippen MR) is 68.0 cm³/mol. The summed E-state index contributed by atoms with van der Waals surface area (Å²) < 4.78 is 0. The first-order valence-corrected chi connectivity index (χ1v) is 6.49. The van der Waals surface area contributed by atoms with Crippen molar-refractivity contribution in [1.29, 1.82) is 0 Å². The van der Waals surface area contributed by atoms with Gasteiger partial charge in [0.05, 0.1) is 17.6 Å². The summed E-state index contributed by atoms with van der Waals surface area (Å²) in [5.74, 6) is 1.05. The molecule has 0 saturated carbocycles. The molecule has 92 valence electrons. The van der Waals surface area contributed by atoms with Gasteiger partial charge in [-0.15, -0.1) is 0 Å². The Morgan fingerprint density at radius 2 is 1.82 bits per heavy atom. The monoisotopic (exact) mass is 232 g/mol. The van der Waals surface area contributed by atoms with Gasteiger partial charge in [0.1, 0.15) is 5.82 Å².